The van der Waals surface area contributed by atoms with Gasteiger partial charge in [-0.25, -0.2) is 4.98 Å². The number of hydrogen-bond donors (Lipinski definition) is 1. The van der Waals surface area contributed by atoms with Crippen LogP contribution >= 0.6 is 0 Å². The number of anilines is 1. The average Bonchev–Trinajstić information content (AvgIpc) is 3.21. The zero-order valence-electron chi connectivity index (χ0n) is 14.7. The second-order valence-corrected chi connectivity index (χ2v) is 5.73. The zero-order valence-corrected chi connectivity index (χ0v) is 14.7. The third kappa shape index (κ3) is 4.12. The predicted molar refractivity (Wildman–Crippen MR) is 100 cm³/mol. The standard InChI is InChI=1S/C19H18N4O4/c1-2-11-27-18-6-4-3-5-15(18)21-19(24)14-7-8-16(17(12-14)23(25)26)22-10-9-20-13-22/h3-10,12-13H,2,11H2,1H3,(H,21,24). The molecule has 0 atom stereocenters. The highest BCUT2D eigenvalue weighted by atomic mass is 16.6. The Hall–Kier alpha value is -3.68. The highest BCUT2D eigenvalue weighted by Gasteiger charge is 2.19. The number of ether oxygens (including phenoxy) is 1. The number of nitrogens with zero attached hydrogens (tertiary/aromatic N) is 3. The third-order valence-corrected chi connectivity index (χ3v) is 3.81. The molecule has 1 aromatic heterocycles. The van der Waals surface area contributed by atoms with Crippen LogP contribution in [0.1, 0.15) is 23.7 Å². The monoisotopic (exact) mass is 366 g/mol. The molecular formula is C19H18N4O4. The van der Waals surface area contributed by atoms with Gasteiger partial charge in [0.15, 0.2) is 0 Å². The first-order chi connectivity index (χ1) is 13.1. The number of nitro groups is 1. The van der Waals surface area contributed by atoms with E-state index in [0.717, 1.165) is 6.42 Å². The van der Waals surface area contributed by atoms with Crippen LogP contribution in [0.3, 0.4) is 0 Å². The summed E-state index contributed by atoms with van der Waals surface area (Å²) in [6, 6.07) is 11.4. The van der Waals surface area contributed by atoms with Crippen LogP contribution in [-0.4, -0.2) is 27.0 Å². The molecule has 0 aliphatic rings. The molecule has 2 aromatic carbocycles. The molecule has 0 saturated carbocycles. The molecule has 3 aromatic rings. The van der Waals surface area contributed by atoms with Crippen LogP contribution in [0.5, 0.6) is 5.75 Å². The number of carbonyl (C=O) groups is 1. The fraction of sp³-hybridized carbons (Fsp3) is 0.158. The van der Waals surface area contributed by atoms with Gasteiger partial charge in [0.2, 0.25) is 0 Å². The van der Waals surface area contributed by atoms with Crippen molar-refractivity contribution in [3.8, 4) is 11.4 Å². The molecule has 3 rings (SSSR count). The summed E-state index contributed by atoms with van der Waals surface area (Å²) in [7, 11) is 0. The van der Waals surface area contributed by atoms with Crippen molar-refractivity contribution in [3.63, 3.8) is 0 Å². The summed E-state index contributed by atoms with van der Waals surface area (Å²) in [4.78, 5) is 27.4. The number of aromatic nitrogens is 2. The van der Waals surface area contributed by atoms with Gasteiger partial charge in [-0.2, -0.15) is 0 Å². The molecule has 8 nitrogen and oxygen atoms in total. The molecule has 8 heteroatoms. The van der Waals surface area contributed by atoms with Crippen LogP contribution < -0.4 is 10.1 Å². The van der Waals surface area contributed by atoms with Crippen molar-refractivity contribution in [3.05, 3.63) is 76.9 Å². The summed E-state index contributed by atoms with van der Waals surface area (Å²) in [5.74, 6) is 0.0973. The summed E-state index contributed by atoms with van der Waals surface area (Å²) in [5, 5.41) is 14.2. The Balaban J connectivity index is 1.88. The number of imidazole rings is 1. The maximum absolute atomic E-state index is 12.6. The van der Waals surface area contributed by atoms with Gasteiger partial charge in [-0.15, -0.1) is 0 Å². The lowest BCUT2D eigenvalue weighted by Crippen LogP contribution is -2.14. The van der Waals surface area contributed by atoms with Gasteiger partial charge in [0.25, 0.3) is 11.6 Å². The van der Waals surface area contributed by atoms with Gasteiger partial charge >= 0.3 is 0 Å². The van der Waals surface area contributed by atoms with E-state index in [1.807, 2.05) is 13.0 Å². The summed E-state index contributed by atoms with van der Waals surface area (Å²) in [6.45, 7) is 2.51. The van der Waals surface area contributed by atoms with Crippen LogP contribution in [0.2, 0.25) is 0 Å². The first kappa shape index (κ1) is 18.1. The second kappa shape index (κ2) is 8.13. The number of para-hydroxylation sites is 2. The Bertz CT molecular complexity index is 954. The summed E-state index contributed by atoms with van der Waals surface area (Å²) < 4.78 is 7.14. The van der Waals surface area contributed by atoms with Crippen LogP contribution in [0.4, 0.5) is 11.4 Å². The van der Waals surface area contributed by atoms with Gasteiger partial charge in [0, 0.05) is 24.0 Å². The summed E-state index contributed by atoms with van der Waals surface area (Å²) >= 11 is 0. The zero-order chi connectivity index (χ0) is 19.2. The van der Waals surface area contributed by atoms with Crippen molar-refractivity contribution < 1.29 is 14.5 Å². The lowest BCUT2D eigenvalue weighted by Gasteiger charge is -2.12. The van der Waals surface area contributed by atoms with E-state index in [2.05, 4.69) is 10.3 Å². The Morgan fingerprint density at radius 2 is 2.11 bits per heavy atom. The van der Waals surface area contributed by atoms with Crippen molar-refractivity contribution >= 4 is 17.3 Å². The van der Waals surface area contributed by atoms with E-state index < -0.39 is 10.8 Å². The minimum atomic E-state index is -0.523. The number of nitro benzene ring substituents is 1. The van der Waals surface area contributed by atoms with E-state index in [1.54, 1.807) is 24.4 Å². The Morgan fingerprint density at radius 3 is 2.81 bits per heavy atom. The van der Waals surface area contributed by atoms with E-state index in [4.69, 9.17) is 4.74 Å². The fourth-order valence-electron chi connectivity index (χ4n) is 2.53. The van der Waals surface area contributed by atoms with Crippen molar-refractivity contribution in [2.24, 2.45) is 0 Å². The van der Waals surface area contributed by atoms with Gasteiger partial charge in [0.1, 0.15) is 11.4 Å². The first-order valence-corrected chi connectivity index (χ1v) is 8.40. The predicted octanol–water partition coefficient (Wildman–Crippen LogP) is 3.82. The van der Waals surface area contributed by atoms with Crippen LogP contribution in [-0.2, 0) is 0 Å². The molecule has 0 saturated heterocycles. The van der Waals surface area contributed by atoms with Crippen LogP contribution in [0.25, 0.3) is 5.69 Å². The fourth-order valence-corrected chi connectivity index (χ4v) is 2.53. The molecule has 27 heavy (non-hydrogen) atoms. The number of benzene rings is 2. The van der Waals surface area contributed by atoms with Crippen molar-refractivity contribution in [1.82, 2.24) is 9.55 Å². The minimum Gasteiger partial charge on any atom is -0.491 e. The lowest BCUT2D eigenvalue weighted by molar-refractivity contribution is -0.384. The number of amides is 1. The Labute approximate surface area is 155 Å². The maximum Gasteiger partial charge on any atom is 0.294 e. The number of carbonyl (C=O) groups excluding carboxylic acids is 1. The summed E-state index contributed by atoms with van der Waals surface area (Å²) in [5.41, 5.74) is 0.838. The molecule has 0 aliphatic carbocycles. The van der Waals surface area contributed by atoms with E-state index in [9.17, 15) is 14.9 Å². The highest BCUT2D eigenvalue weighted by molar-refractivity contribution is 6.05. The van der Waals surface area contributed by atoms with Gasteiger partial charge in [-0.1, -0.05) is 19.1 Å². The van der Waals surface area contributed by atoms with Crippen molar-refractivity contribution in [2.45, 2.75) is 13.3 Å². The Morgan fingerprint density at radius 1 is 1.30 bits per heavy atom. The number of nitrogens with one attached hydrogen (secondary N) is 1. The minimum absolute atomic E-state index is 0.177. The number of hydrogen-bond acceptors (Lipinski definition) is 5. The smallest absolute Gasteiger partial charge is 0.294 e. The molecular weight excluding hydrogens is 348 g/mol. The quantitative estimate of drug-likeness (QED) is 0.506. The SMILES string of the molecule is CCCOc1ccccc1NC(=O)c1ccc(-n2ccnc2)c([N+](=O)[O-])c1. The molecule has 1 heterocycles. The number of rotatable bonds is 7. The maximum atomic E-state index is 12.6. The van der Waals surface area contributed by atoms with Crippen molar-refractivity contribution in [1.29, 1.82) is 0 Å². The topological polar surface area (TPSA) is 99.3 Å². The van der Waals surface area contributed by atoms with Gasteiger partial charge in [0.05, 0.1) is 23.5 Å². The average molecular weight is 366 g/mol. The van der Waals surface area contributed by atoms with E-state index >= 15 is 0 Å². The molecule has 138 valence electrons. The summed E-state index contributed by atoms with van der Waals surface area (Å²) in [6.07, 6.45) is 5.43. The molecule has 0 aliphatic heterocycles. The molecule has 1 amide bonds. The van der Waals surface area contributed by atoms with Crippen LogP contribution in [0.15, 0.2) is 61.2 Å². The lowest BCUT2D eigenvalue weighted by atomic mass is 10.1. The molecule has 0 bridgehead atoms. The van der Waals surface area contributed by atoms with E-state index in [1.165, 1.54) is 35.3 Å². The molecule has 0 spiro atoms. The highest BCUT2D eigenvalue weighted by Crippen LogP contribution is 2.27. The largest absolute Gasteiger partial charge is 0.491 e. The normalized spacial score (nSPS) is 10.4. The molecule has 0 fully saturated rings. The van der Waals surface area contributed by atoms with Gasteiger partial charge < -0.3 is 14.6 Å². The van der Waals surface area contributed by atoms with E-state index in [-0.39, 0.29) is 11.3 Å². The van der Waals surface area contributed by atoms with Crippen molar-refractivity contribution in [2.75, 3.05) is 11.9 Å². The molecule has 1 N–H and O–H groups in total. The van der Waals surface area contributed by atoms with Gasteiger partial charge in [-0.05, 0) is 30.7 Å². The van der Waals surface area contributed by atoms with Gasteiger partial charge in [-0.3, -0.25) is 14.9 Å². The first-order valence-electron chi connectivity index (χ1n) is 8.40. The van der Waals surface area contributed by atoms with E-state index in [0.29, 0.717) is 23.7 Å². The molecule has 0 radical (unpaired) electrons. The van der Waals surface area contributed by atoms with Crippen LogP contribution in [0, 0.1) is 10.1 Å². The third-order valence-electron chi connectivity index (χ3n) is 3.81. The second-order valence-electron chi connectivity index (χ2n) is 5.73. The Kier molecular flexibility index (Phi) is 5.46. The molecule has 0 unspecified atom stereocenters.